The van der Waals surface area contributed by atoms with Crippen molar-refractivity contribution >= 4 is 38.7 Å². The maximum atomic E-state index is 12.2. The van der Waals surface area contributed by atoms with Crippen LogP contribution in [0.25, 0.3) is 16.3 Å². The highest BCUT2D eigenvalue weighted by molar-refractivity contribution is 7.22. The molecule has 0 radical (unpaired) electrons. The molecular formula is C25H30N2O3S. The first-order valence-corrected chi connectivity index (χ1v) is 11.7. The number of rotatable bonds is 12. The second kappa shape index (κ2) is 12.1. The van der Waals surface area contributed by atoms with Crippen LogP contribution in [0.4, 0.5) is 5.13 Å². The van der Waals surface area contributed by atoms with Crippen LogP contribution in [0.15, 0.2) is 48.5 Å². The van der Waals surface area contributed by atoms with Crippen molar-refractivity contribution in [3.8, 4) is 11.5 Å². The first kappa shape index (κ1) is 22.8. The summed E-state index contributed by atoms with van der Waals surface area (Å²) < 4.78 is 12.0. The number of hydrogen-bond donors (Lipinski definition) is 1. The molecule has 1 aromatic heterocycles. The first-order chi connectivity index (χ1) is 15.2. The van der Waals surface area contributed by atoms with Crippen molar-refractivity contribution < 1.29 is 14.3 Å². The fraction of sp³-hybridized carbons (Fsp3) is 0.360. The van der Waals surface area contributed by atoms with Crippen molar-refractivity contribution in [2.75, 3.05) is 19.0 Å². The molecule has 0 aliphatic heterocycles. The average molecular weight is 439 g/mol. The summed E-state index contributed by atoms with van der Waals surface area (Å²) in [5, 5.41) is 3.39. The van der Waals surface area contributed by atoms with Crippen molar-refractivity contribution in [1.82, 2.24) is 4.98 Å². The lowest BCUT2D eigenvalue weighted by Gasteiger charge is -2.06. The highest BCUT2D eigenvalue weighted by Crippen LogP contribution is 2.29. The molecule has 3 aromatic rings. The second-order valence-electron chi connectivity index (χ2n) is 7.36. The monoisotopic (exact) mass is 438 g/mol. The standard InChI is InChI=1S/C25H30N2O3S/c1-3-4-5-6-7-8-17-30-20-12-9-19(10-13-20)11-16-24(28)27-25-26-22-15-14-21(29-2)18-23(22)31-25/h9-16,18H,3-8,17H2,1-2H3,(H,26,27,28)/b16-11+. The van der Waals surface area contributed by atoms with Gasteiger partial charge in [0.05, 0.1) is 23.9 Å². The number of fused-ring (bicyclic) bond motifs is 1. The zero-order valence-corrected chi connectivity index (χ0v) is 19.0. The predicted molar refractivity (Wildman–Crippen MR) is 129 cm³/mol. The lowest BCUT2D eigenvalue weighted by molar-refractivity contribution is -0.111. The van der Waals surface area contributed by atoms with E-state index < -0.39 is 0 Å². The molecular weight excluding hydrogens is 408 g/mol. The van der Waals surface area contributed by atoms with Crippen LogP contribution in [0, 0.1) is 0 Å². The molecule has 0 bridgehead atoms. The number of amides is 1. The summed E-state index contributed by atoms with van der Waals surface area (Å²) in [4.78, 5) is 16.7. The summed E-state index contributed by atoms with van der Waals surface area (Å²) in [6, 6.07) is 13.4. The fourth-order valence-electron chi connectivity index (χ4n) is 3.15. The highest BCUT2D eigenvalue weighted by atomic mass is 32.1. The van der Waals surface area contributed by atoms with Gasteiger partial charge in [0, 0.05) is 6.08 Å². The molecule has 0 spiro atoms. The summed E-state index contributed by atoms with van der Waals surface area (Å²) in [6.07, 6.45) is 10.8. The summed E-state index contributed by atoms with van der Waals surface area (Å²) in [5.74, 6) is 1.42. The number of carbonyl (C=O) groups is 1. The van der Waals surface area contributed by atoms with E-state index in [4.69, 9.17) is 9.47 Å². The molecule has 31 heavy (non-hydrogen) atoms. The van der Waals surface area contributed by atoms with Crippen LogP contribution in [-0.2, 0) is 4.79 Å². The average Bonchev–Trinajstić information content (AvgIpc) is 3.19. The SMILES string of the molecule is CCCCCCCCOc1ccc(/C=C/C(=O)Nc2nc3ccc(OC)cc3s2)cc1. The predicted octanol–water partition coefficient (Wildman–Crippen LogP) is 6.70. The van der Waals surface area contributed by atoms with Gasteiger partial charge in [0.2, 0.25) is 5.91 Å². The van der Waals surface area contributed by atoms with Crippen molar-refractivity contribution in [2.24, 2.45) is 0 Å². The van der Waals surface area contributed by atoms with Gasteiger partial charge in [0.15, 0.2) is 5.13 Å². The molecule has 5 nitrogen and oxygen atoms in total. The Balaban J connectivity index is 1.44. The zero-order chi connectivity index (χ0) is 21.9. The van der Waals surface area contributed by atoms with Crippen LogP contribution < -0.4 is 14.8 Å². The molecule has 6 heteroatoms. The van der Waals surface area contributed by atoms with Gasteiger partial charge in [-0.2, -0.15) is 0 Å². The summed E-state index contributed by atoms with van der Waals surface area (Å²) >= 11 is 1.42. The number of unbranched alkanes of at least 4 members (excludes halogenated alkanes) is 5. The van der Waals surface area contributed by atoms with Crippen LogP contribution >= 0.6 is 11.3 Å². The quantitative estimate of drug-likeness (QED) is 0.253. The molecule has 2 aromatic carbocycles. The molecule has 1 amide bonds. The summed E-state index contributed by atoms with van der Waals surface area (Å²) in [7, 11) is 1.63. The van der Waals surface area contributed by atoms with Crippen LogP contribution in [0.2, 0.25) is 0 Å². The molecule has 0 aliphatic rings. The molecule has 0 fully saturated rings. The molecule has 0 saturated carbocycles. The number of nitrogens with zero attached hydrogens (tertiary/aromatic N) is 1. The van der Waals surface area contributed by atoms with Crippen LogP contribution in [0.5, 0.6) is 11.5 Å². The lowest BCUT2D eigenvalue weighted by Crippen LogP contribution is -2.07. The Bertz CT molecular complexity index is 996. The number of anilines is 1. The van der Waals surface area contributed by atoms with Gasteiger partial charge in [0.1, 0.15) is 11.5 Å². The minimum Gasteiger partial charge on any atom is -0.497 e. The van der Waals surface area contributed by atoms with E-state index in [-0.39, 0.29) is 5.91 Å². The third kappa shape index (κ3) is 7.40. The summed E-state index contributed by atoms with van der Waals surface area (Å²) in [5.41, 5.74) is 1.78. The molecule has 1 N–H and O–H groups in total. The van der Waals surface area contributed by atoms with E-state index >= 15 is 0 Å². The first-order valence-electron chi connectivity index (χ1n) is 10.8. The summed E-state index contributed by atoms with van der Waals surface area (Å²) in [6.45, 7) is 2.98. The Hall–Kier alpha value is -2.86. The lowest BCUT2D eigenvalue weighted by atomic mass is 10.1. The van der Waals surface area contributed by atoms with E-state index in [1.807, 2.05) is 42.5 Å². The number of methoxy groups -OCH3 is 1. The molecule has 164 valence electrons. The molecule has 0 saturated heterocycles. The molecule has 0 aliphatic carbocycles. The van der Waals surface area contributed by atoms with Gasteiger partial charge in [-0.1, -0.05) is 62.5 Å². The Kier molecular flexibility index (Phi) is 8.91. The van der Waals surface area contributed by atoms with Gasteiger partial charge in [-0.3, -0.25) is 10.1 Å². The number of ether oxygens (including phenoxy) is 2. The Labute approximate surface area is 188 Å². The number of hydrogen-bond acceptors (Lipinski definition) is 5. The van der Waals surface area contributed by atoms with Crippen molar-refractivity contribution in [1.29, 1.82) is 0 Å². The third-order valence-electron chi connectivity index (χ3n) is 4.90. The van der Waals surface area contributed by atoms with E-state index in [0.717, 1.165) is 40.3 Å². The maximum Gasteiger partial charge on any atom is 0.250 e. The Morgan fingerprint density at radius 2 is 1.77 bits per heavy atom. The zero-order valence-electron chi connectivity index (χ0n) is 18.2. The topological polar surface area (TPSA) is 60.5 Å². The number of aromatic nitrogens is 1. The number of nitrogens with one attached hydrogen (secondary N) is 1. The smallest absolute Gasteiger partial charge is 0.250 e. The number of thiazole rings is 1. The largest absolute Gasteiger partial charge is 0.497 e. The van der Waals surface area contributed by atoms with Crippen molar-refractivity contribution in [3.63, 3.8) is 0 Å². The van der Waals surface area contributed by atoms with Crippen molar-refractivity contribution in [2.45, 2.75) is 45.4 Å². The molecule has 3 rings (SSSR count). The van der Waals surface area contributed by atoms with E-state index in [1.54, 1.807) is 13.2 Å². The Morgan fingerprint density at radius 1 is 1.03 bits per heavy atom. The van der Waals surface area contributed by atoms with Gasteiger partial charge in [0.25, 0.3) is 0 Å². The molecule has 0 unspecified atom stereocenters. The van der Waals surface area contributed by atoms with E-state index in [0.29, 0.717) is 5.13 Å². The third-order valence-corrected chi connectivity index (χ3v) is 5.83. The van der Waals surface area contributed by atoms with Crippen LogP contribution in [0.1, 0.15) is 51.0 Å². The minimum absolute atomic E-state index is 0.213. The fourth-order valence-corrected chi connectivity index (χ4v) is 4.05. The number of benzene rings is 2. The van der Waals surface area contributed by atoms with Gasteiger partial charge >= 0.3 is 0 Å². The van der Waals surface area contributed by atoms with E-state index in [9.17, 15) is 4.79 Å². The van der Waals surface area contributed by atoms with Gasteiger partial charge < -0.3 is 9.47 Å². The highest BCUT2D eigenvalue weighted by Gasteiger charge is 2.07. The maximum absolute atomic E-state index is 12.2. The van der Waals surface area contributed by atoms with Gasteiger partial charge in [-0.15, -0.1) is 0 Å². The van der Waals surface area contributed by atoms with Crippen molar-refractivity contribution in [3.05, 3.63) is 54.1 Å². The molecule has 1 heterocycles. The molecule has 0 atom stereocenters. The van der Waals surface area contributed by atoms with E-state index in [1.165, 1.54) is 49.5 Å². The normalized spacial score (nSPS) is 11.2. The number of carbonyl (C=O) groups excluding carboxylic acids is 1. The van der Waals surface area contributed by atoms with Gasteiger partial charge in [-0.25, -0.2) is 4.98 Å². The second-order valence-corrected chi connectivity index (χ2v) is 8.39. The van der Waals surface area contributed by atoms with Crippen LogP contribution in [0.3, 0.4) is 0 Å². The van der Waals surface area contributed by atoms with Gasteiger partial charge in [-0.05, 0) is 48.4 Å². The minimum atomic E-state index is -0.213. The van der Waals surface area contributed by atoms with Crippen LogP contribution in [-0.4, -0.2) is 24.6 Å². The van der Waals surface area contributed by atoms with E-state index in [2.05, 4.69) is 17.2 Å². The Morgan fingerprint density at radius 3 is 2.55 bits per heavy atom.